The average molecular weight is 310 g/mol. The monoisotopic (exact) mass is 310 g/mol. The van der Waals surface area contributed by atoms with E-state index in [-0.39, 0.29) is 0 Å². The third-order valence-electron chi connectivity index (χ3n) is 3.62. The van der Waals surface area contributed by atoms with Gasteiger partial charge in [-0.05, 0) is 35.9 Å². The molecule has 0 aliphatic heterocycles. The van der Waals surface area contributed by atoms with Crippen molar-refractivity contribution in [1.29, 1.82) is 0 Å². The molecule has 3 rings (SSSR count). The van der Waals surface area contributed by atoms with E-state index in [0.717, 1.165) is 22.5 Å². The Labute approximate surface area is 134 Å². The molecule has 5 nitrogen and oxygen atoms in total. The molecule has 0 unspecified atom stereocenters. The molecular weight excluding hydrogens is 292 g/mol. The quantitative estimate of drug-likeness (QED) is 0.779. The van der Waals surface area contributed by atoms with Crippen molar-refractivity contribution in [3.05, 3.63) is 48.8 Å². The molecule has 0 amide bonds. The lowest BCUT2D eigenvalue weighted by Crippen LogP contribution is -1.95. The van der Waals surface area contributed by atoms with Gasteiger partial charge in [0.1, 0.15) is 0 Å². The first-order chi connectivity index (χ1) is 11.3. The van der Waals surface area contributed by atoms with Crippen LogP contribution in [0.25, 0.3) is 22.5 Å². The summed E-state index contributed by atoms with van der Waals surface area (Å²) in [6, 6.07) is 11.7. The summed E-state index contributed by atoms with van der Waals surface area (Å²) in [7, 11) is 4.81. The van der Waals surface area contributed by atoms with Crippen LogP contribution in [0.5, 0.6) is 17.2 Å². The van der Waals surface area contributed by atoms with Crippen molar-refractivity contribution in [2.75, 3.05) is 21.3 Å². The molecule has 0 bridgehead atoms. The Balaban J connectivity index is 2.04. The van der Waals surface area contributed by atoms with Gasteiger partial charge >= 0.3 is 0 Å². The second kappa shape index (κ2) is 6.44. The third kappa shape index (κ3) is 2.85. The molecule has 0 saturated heterocycles. The second-order valence-corrected chi connectivity index (χ2v) is 4.93. The highest BCUT2D eigenvalue weighted by Crippen LogP contribution is 2.41. The minimum Gasteiger partial charge on any atom is -0.493 e. The highest BCUT2D eigenvalue weighted by molar-refractivity contribution is 5.74. The van der Waals surface area contributed by atoms with Crippen molar-refractivity contribution in [2.24, 2.45) is 0 Å². The van der Waals surface area contributed by atoms with Gasteiger partial charge in [-0.15, -0.1) is 0 Å². The van der Waals surface area contributed by atoms with Gasteiger partial charge < -0.3 is 19.2 Å². The van der Waals surface area contributed by atoms with Gasteiger partial charge in [0, 0.05) is 18.0 Å². The summed E-state index contributed by atoms with van der Waals surface area (Å²) >= 11 is 0. The van der Waals surface area contributed by atoms with Crippen LogP contribution < -0.4 is 14.2 Å². The highest BCUT2D eigenvalue weighted by atomic mass is 16.5. The summed E-state index contributed by atoms with van der Waals surface area (Å²) in [5, 5.41) is 0. The van der Waals surface area contributed by atoms with E-state index in [2.05, 4.69) is 9.97 Å². The molecular formula is C18H18N2O3. The molecule has 0 fully saturated rings. The van der Waals surface area contributed by atoms with Gasteiger partial charge in [0.15, 0.2) is 11.5 Å². The van der Waals surface area contributed by atoms with E-state index >= 15 is 0 Å². The summed E-state index contributed by atoms with van der Waals surface area (Å²) in [6.45, 7) is 0. The van der Waals surface area contributed by atoms with Crippen molar-refractivity contribution < 1.29 is 14.2 Å². The number of nitrogens with zero attached hydrogens (tertiary/aromatic N) is 1. The summed E-state index contributed by atoms with van der Waals surface area (Å²) in [5.41, 5.74) is 3.84. The molecule has 0 atom stereocenters. The van der Waals surface area contributed by atoms with Crippen molar-refractivity contribution in [2.45, 2.75) is 0 Å². The Morgan fingerprint density at radius 3 is 2.17 bits per heavy atom. The number of nitrogens with one attached hydrogen (secondary N) is 1. The zero-order chi connectivity index (χ0) is 16.2. The van der Waals surface area contributed by atoms with Crippen LogP contribution >= 0.6 is 0 Å². The van der Waals surface area contributed by atoms with E-state index in [9.17, 15) is 0 Å². The number of rotatable bonds is 5. The molecule has 0 aliphatic rings. The topological polar surface area (TPSA) is 56.4 Å². The van der Waals surface area contributed by atoms with Crippen LogP contribution in [-0.2, 0) is 0 Å². The summed E-state index contributed by atoms with van der Waals surface area (Å²) in [6.07, 6.45) is 3.71. The fraction of sp³-hybridized carbons (Fsp3) is 0.167. The van der Waals surface area contributed by atoms with Crippen LogP contribution in [0.2, 0.25) is 0 Å². The number of hydrogen-bond acceptors (Lipinski definition) is 4. The standard InChI is InChI=1S/C18H18N2O3/c1-21-16-9-12(10-17(22-2)18(16)23-3)13-8-15(20-11-13)14-6-4-5-7-19-14/h4-11,20H,1-3H3. The van der Waals surface area contributed by atoms with Gasteiger partial charge in [0.25, 0.3) is 0 Å². The zero-order valence-corrected chi connectivity index (χ0v) is 13.3. The molecule has 2 heterocycles. The fourth-order valence-corrected chi connectivity index (χ4v) is 2.48. The predicted molar refractivity (Wildman–Crippen MR) is 89.1 cm³/mol. The van der Waals surface area contributed by atoms with Crippen molar-refractivity contribution in [3.63, 3.8) is 0 Å². The number of aromatic amines is 1. The number of aromatic nitrogens is 2. The molecule has 0 saturated carbocycles. The molecule has 0 radical (unpaired) electrons. The van der Waals surface area contributed by atoms with Gasteiger partial charge in [-0.25, -0.2) is 0 Å². The minimum absolute atomic E-state index is 0.583. The normalized spacial score (nSPS) is 10.4. The molecule has 2 aromatic heterocycles. The van der Waals surface area contributed by atoms with Crippen molar-refractivity contribution in [1.82, 2.24) is 9.97 Å². The molecule has 5 heteroatoms. The van der Waals surface area contributed by atoms with Gasteiger partial charge in [-0.1, -0.05) is 6.07 Å². The van der Waals surface area contributed by atoms with Gasteiger partial charge in [0.05, 0.1) is 32.7 Å². The summed E-state index contributed by atoms with van der Waals surface area (Å²) < 4.78 is 16.2. The first-order valence-electron chi connectivity index (χ1n) is 7.17. The Bertz CT molecular complexity index is 772. The lowest BCUT2D eigenvalue weighted by Gasteiger charge is -2.13. The maximum atomic E-state index is 5.40. The van der Waals surface area contributed by atoms with Crippen LogP contribution in [0.3, 0.4) is 0 Å². The Kier molecular flexibility index (Phi) is 4.19. The molecule has 0 spiro atoms. The number of pyridine rings is 1. The average Bonchev–Trinajstić information content (AvgIpc) is 3.11. The third-order valence-corrected chi connectivity index (χ3v) is 3.62. The van der Waals surface area contributed by atoms with Crippen LogP contribution in [0.15, 0.2) is 48.8 Å². The molecule has 118 valence electrons. The van der Waals surface area contributed by atoms with E-state index in [0.29, 0.717) is 17.2 Å². The second-order valence-electron chi connectivity index (χ2n) is 4.93. The predicted octanol–water partition coefficient (Wildman–Crippen LogP) is 3.77. The largest absolute Gasteiger partial charge is 0.493 e. The van der Waals surface area contributed by atoms with Crippen molar-refractivity contribution >= 4 is 0 Å². The SMILES string of the molecule is COc1cc(-c2c[nH]c(-c3ccccn3)c2)cc(OC)c1OC. The Morgan fingerprint density at radius 2 is 1.61 bits per heavy atom. The first kappa shape index (κ1) is 15.0. The lowest BCUT2D eigenvalue weighted by molar-refractivity contribution is 0.324. The number of benzene rings is 1. The van der Waals surface area contributed by atoms with Gasteiger partial charge in [-0.3, -0.25) is 4.98 Å². The van der Waals surface area contributed by atoms with E-state index in [1.165, 1.54) is 0 Å². The van der Waals surface area contributed by atoms with Crippen LogP contribution in [0.1, 0.15) is 0 Å². The van der Waals surface area contributed by atoms with Crippen molar-refractivity contribution in [3.8, 4) is 39.8 Å². The molecule has 1 aromatic carbocycles. The first-order valence-corrected chi connectivity index (χ1v) is 7.17. The maximum Gasteiger partial charge on any atom is 0.203 e. The Morgan fingerprint density at radius 1 is 0.870 bits per heavy atom. The van der Waals surface area contributed by atoms with E-state index in [1.54, 1.807) is 27.5 Å². The number of ether oxygens (including phenoxy) is 3. The van der Waals surface area contributed by atoms with Crippen LogP contribution in [0, 0.1) is 0 Å². The smallest absolute Gasteiger partial charge is 0.203 e. The minimum atomic E-state index is 0.583. The molecule has 1 N–H and O–H groups in total. The van der Waals surface area contributed by atoms with Crippen LogP contribution in [-0.4, -0.2) is 31.3 Å². The van der Waals surface area contributed by atoms with Crippen LogP contribution in [0.4, 0.5) is 0 Å². The fourth-order valence-electron chi connectivity index (χ4n) is 2.48. The van der Waals surface area contributed by atoms with Gasteiger partial charge in [-0.2, -0.15) is 0 Å². The number of H-pyrrole nitrogens is 1. The van der Waals surface area contributed by atoms with Gasteiger partial charge in [0.2, 0.25) is 5.75 Å². The number of hydrogen-bond donors (Lipinski definition) is 1. The van der Waals surface area contributed by atoms with E-state index in [1.807, 2.05) is 42.6 Å². The molecule has 23 heavy (non-hydrogen) atoms. The number of methoxy groups -OCH3 is 3. The summed E-state index contributed by atoms with van der Waals surface area (Å²) in [4.78, 5) is 7.60. The Hall–Kier alpha value is -2.95. The zero-order valence-electron chi connectivity index (χ0n) is 13.3. The molecule has 0 aliphatic carbocycles. The maximum absolute atomic E-state index is 5.40. The highest BCUT2D eigenvalue weighted by Gasteiger charge is 2.15. The van der Waals surface area contributed by atoms with E-state index in [4.69, 9.17) is 14.2 Å². The lowest BCUT2D eigenvalue weighted by atomic mass is 10.1. The summed E-state index contributed by atoms with van der Waals surface area (Å²) in [5.74, 6) is 1.84. The molecule has 3 aromatic rings. The van der Waals surface area contributed by atoms with E-state index < -0.39 is 0 Å².